The first-order valence-corrected chi connectivity index (χ1v) is 8.99. The third kappa shape index (κ3) is 5.69. The van der Waals surface area contributed by atoms with E-state index in [1.165, 1.54) is 10.4 Å². The van der Waals surface area contributed by atoms with Crippen LogP contribution in [0.15, 0.2) is 0 Å². The first-order chi connectivity index (χ1) is 12.2. The second kappa shape index (κ2) is 10.1. The normalized spacial score (nSPS) is 19.1. The number of hydroxylamine groups is 1. The van der Waals surface area contributed by atoms with E-state index in [-0.39, 0.29) is 18.2 Å². The second-order valence-electron chi connectivity index (χ2n) is 6.98. The summed E-state index contributed by atoms with van der Waals surface area (Å²) >= 11 is 0. The third-order valence-electron chi connectivity index (χ3n) is 4.61. The van der Waals surface area contributed by atoms with E-state index >= 15 is 0 Å². The minimum atomic E-state index is -1.12. The quantitative estimate of drug-likeness (QED) is 0.344. The molecular weight excluding hydrogens is 342 g/mol. The highest BCUT2D eigenvalue weighted by Crippen LogP contribution is 2.24. The standard InChI is InChI=1S/C17H29N3O6/c1-4-6-11(9-13(21)19-26)16(23)20-8-5-7-12(20)15(22)18-14(10(2)3)17(24)25/h10-12,14,26H,4-9H2,1-3H3,(H,18,22)(H,19,21)(H,24,25)/t11?,12?,14-/m0/s1. The van der Waals surface area contributed by atoms with E-state index in [1.807, 2.05) is 6.92 Å². The number of rotatable bonds is 9. The Balaban J connectivity index is 2.86. The minimum Gasteiger partial charge on any atom is -0.480 e. The summed E-state index contributed by atoms with van der Waals surface area (Å²) in [5, 5.41) is 20.4. The van der Waals surface area contributed by atoms with E-state index in [9.17, 15) is 24.3 Å². The van der Waals surface area contributed by atoms with Gasteiger partial charge in [-0.15, -0.1) is 0 Å². The van der Waals surface area contributed by atoms with Gasteiger partial charge in [0.05, 0.1) is 0 Å². The maximum absolute atomic E-state index is 12.8. The van der Waals surface area contributed by atoms with Gasteiger partial charge >= 0.3 is 5.97 Å². The van der Waals surface area contributed by atoms with E-state index in [2.05, 4.69) is 5.32 Å². The maximum Gasteiger partial charge on any atom is 0.326 e. The maximum atomic E-state index is 12.8. The number of hydrogen-bond acceptors (Lipinski definition) is 5. The number of carbonyl (C=O) groups is 4. The van der Waals surface area contributed by atoms with E-state index in [4.69, 9.17) is 5.21 Å². The van der Waals surface area contributed by atoms with Crippen LogP contribution in [0.1, 0.15) is 52.9 Å². The Bertz CT molecular complexity index is 537. The van der Waals surface area contributed by atoms with Crippen LogP contribution < -0.4 is 10.8 Å². The lowest BCUT2D eigenvalue weighted by molar-refractivity contribution is -0.147. The zero-order valence-electron chi connectivity index (χ0n) is 15.5. The van der Waals surface area contributed by atoms with Crippen molar-refractivity contribution in [3.05, 3.63) is 0 Å². The van der Waals surface area contributed by atoms with Gasteiger partial charge in [0.1, 0.15) is 12.1 Å². The van der Waals surface area contributed by atoms with Crippen LogP contribution in [0.2, 0.25) is 0 Å². The Kier molecular flexibility index (Phi) is 8.50. The molecule has 0 aromatic heterocycles. The van der Waals surface area contributed by atoms with Gasteiger partial charge < -0.3 is 15.3 Å². The van der Waals surface area contributed by atoms with Gasteiger partial charge in [-0.1, -0.05) is 27.2 Å². The van der Waals surface area contributed by atoms with E-state index in [0.29, 0.717) is 32.2 Å². The zero-order valence-corrected chi connectivity index (χ0v) is 15.5. The van der Waals surface area contributed by atoms with E-state index in [0.717, 1.165) is 0 Å². The molecule has 0 aliphatic carbocycles. The van der Waals surface area contributed by atoms with Crippen molar-refractivity contribution < 1.29 is 29.5 Å². The average molecular weight is 371 g/mol. The number of carbonyl (C=O) groups excluding carboxylic acids is 3. The number of hydrogen-bond donors (Lipinski definition) is 4. The van der Waals surface area contributed by atoms with Crippen LogP contribution in [0.5, 0.6) is 0 Å². The third-order valence-corrected chi connectivity index (χ3v) is 4.61. The molecule has 3 amide bonds. The summed E-state index contributed by atoms with van der Waals surface area (Å²) in [7, 11) is 0. The van der Waals surface area contributed by atoms with Crippen LogP contribution in [-0.2, 0) is 19.2 Å². The largest absolute Gasteiger partial charge is 0.480 e. The van der Waals surface area contributed by atoms with Gasteiger partial charge in [0.15, 0.2) is 0 Å². The van der Waals surface area contributed by atoms with Crippen molar-refractivity contribution >= 4 is 23.7 Å². The summed E-state index contributed by atoms with van der Waals surface area (Å²) in [5.41, 5.74) is 1.53. The lowest BCUT2D eigenvalue weighted by atomic mass is 9.97. The van der Waals surface area contributed by atoms with Crippen molar-refractivity contribution in [1.29, 1.82) is 0 Å². The van der Waals surface area contributed by atoms with Crippen LogP contribution in [0, 0.1) is 11.8 Å². The molecule has 4 N–H and O–H groups in total. The van der Waals surface area contributed by atoms with E-state index in [1.54, 1.807) is 13.8 Å². The number of aliphatic carboxylic acids is 1. The fraction of sp³-hybridized carbons (Fsp3) is 0.765. The summed E-state index contributed by atoms with van der Waals surface area (Å²) in [6.45, 7) is 5.66. The minimum absolute atomic E-state index is 0.155. The molecule has 1 fully saturated rings. The number of nitrogens with zero attached hydrogens (tertiary/aromatic N) is 1. The molecule has 3 atom stereocenters. The number of amides is 3. The molecule has 26 heavy (non-hydrogen) atoms. The average Bonchev–Trinajstić information content (AvgIpc) is 3.07. The first-order valence-electron chi connectivity index (χ1n) is 8.99. The Hall–Kier alpha value is -2.16. The highest BCUT2D eigenvalue weighted by atomic mass is 16.5. The van der Waals surface area contributed by atoms with Crippen molar-refractivity contribution in [3.63, 3.8) is 0 Å². The molecule has 1 aliphatic heterocycles. The smallest absolute Gasteiger partial charge is 0.326 e. The molecule has 0 saturated carbocycles. The predicted molar refractivity (Wildman–Crippen MR) is 92.1 cm³/mol. The summed E-state index contributed by atoms with van der Waals surface area (Å²) in [6.07, 6.45) is 2.06. The van der Waals surface area contributed by atoms with Crippen molar-refractivity contribution in [2.45, 2.75) is 65.0 Å². The molecule has 0 aromatic carbocycles. The molecule has 148 valence electrons. The SMILES string of the molecule is CCCC(CC(=O)NO)C(=O)N1CCCC1C(=O)N[C@H](C(=O)O)C(C)C. The lowest BCUT2D eigenvalue weighted by Crippen LogP contribution is -2.53. The van der Waals surface area contributed by atoms with Crippen LogP contribution in [0.25, 0.3) is 0 Å². The van der Waals surface area contributed by atoms with Crippen LogP contribution in [0.4, 0.5) is 0 Å². The van der Waals surface area contributed by atoms with Crippen molar-refractivity contribution in [3.8, 4) is 0 Å². The monoisotopic (exact) mass is 371 g/mol. The van der Waals surface area contributed by atoms with Gasteiger partial charge in [-0.2, -0.15) is 0 Å². The van der Waals surface area contributed by atoms with Crippen LogP contribution in [-0.4, -0.2) is 57.5 Å². The molecule has 0 radical (unpaired) electrons. The molecular formula is C17H29N3O6. The first kappa shape index (κ1) is 21.9. The molecule has 0 aromatic rings. The molecule has 1 rings (SSSR count). The number of nitrogens with one attached hydrogen (secondary N) is 2. The van der Waals surface area contributed by atoms with Crippen molar-refractivity contribution in [2.24, 2.45) is 11.8 Å². The van der Waals surface area contributed by atoms with Crippen molar-refractivity contribution in [1.82, 2.24) is 15.7 Å². The number of likely N-dealkylation sites (tertiary alicyclic amines) is 1. The Labute approximate surface area is 153 Å². The summed E-state index contributed by atoms with van der Waals surface area (Å²) in [6, 6.07) is -1.76. The Morgan fingerprint density at radius 3 is 2.38 bits per heavy atom. The molecule has 1 heterocycles. The number of carboxylic acid groups (broad SMARTS) is 1. The summed E-state index contributed by atoms with van der Waals surface area (Å²) in [5.74, 6) is -3.48. The highest BCUT2D eigenvalue weighted by molar-refractivity contribution is 5.92. The lowest BCUT2D eigenvalue weighted by Gasteiger charge is -2.29. The summed E-state index contributed by atoms with van der Waals surface area (Å²) in [4.78, 5) is 49.5. The molecule has 1 aliphatic rings. The predicted octanol–water partition coefficient (Wildman–Crippen LogP) is 0.515. The molecule has 2 unspecified atom stereocenters. The van der Waals surface area contributed by atoms with E-state index < -0.39 is 35.8 Å². The second-order valence-corrected chi connectivity index (χ2v) is 6.98. The molecule has 0 spiro atoms. The van der Waals surface area contributed by atoms with Crippen LogP contribution in [0.3, 0.4) is 0 Å². The molecule has 0 bridgehead atoms. The topological polar surface area (TPSA) is 136 Å². The fourth-order valence-corrected chi connectivity index (χ4v) is 3.23. The fourth-order valence-electron chi connectivity index (χ4n) is 3.23. The van der Waals surface area contributed by atoms with Gasteiger partial charge in [0.2, 0.25) is 17.7 Å². The summed E-state index contributed by atoms with van der Waals surface area (Å²) < 4.78 is 0. The van der Waals surface area contributed by atoms with Gasteiger partial charge in [-0.25, -0.2) is 10.3 Å². The Morgan fingerprint density at radius 2 is 1.88 bits per heavy atom. The Morgan fingerprint density at radius 1 is 1.23 bits per heavy atom. The zero-order chi connectivity index (χ0) is 19.9. The van der Waals surface area contributed by atoms with Gasteiger partial charge in [-0.05, 0) is 25.2 Å². The number of carboxylic acids is 1. The van der Waals surface area contributed by atoms with Crippen molar-refractivity contribution in [2.75, 3.05) is 6.54 Å². The van der Waals surface area contributed by atoms with Crippen LogP contribution >= 0.6 is 0 Å². The molecule has 9 nitrogen and oxygen atoms in total. The van der Waals surface area contributed by atoms with Gasteiger partial charge in [0.25, 0.3) is 0 Å². The highest BCUT2D eigenvalue weighted by Gasteiger charge is 2.38. The molecule has 1 saturated heterocycles. The van der Waals surface area contributed by atoms with Gasteiger partial charge in [0, 0.05) is 18.9 Å². The van der Waals surface area contributed by atoms with Gasteiger partial charge in [-0.3, -0.25) is 19.6 Å². The molecule has 9 heteroatoms.